The molecule has 144 valence electrons. The van der Waals surface area contributed by atoms with E-state index in [1.165, 1.54) is 11.1 Å². The van der Waals surface area contributed by atoms with Crippen LogP contribution in [0.5, 0.6) is 0 Å². The second-order valence-electron chi connectivity index (χ2n) is 8.27. The standard InChI is InChI=1S/C22H29N3O2/c1-14-7-5-6-8-18(14)22-20-13-25(12-17(20)11-24(22)4)21(26)10-9-19-15(2)23-27-16(19)3/h5-8,17,20,22H,9-13H2,1-4H3/t17-,20+,22+/m0/s1. The molecule has 0 spiro atoms. The van der Waals surface area contributed by atoms with Gasteiger partial charge in [-0.25, -0.2) is 0 Å². The summed E-state index contributed by atoms with van der Waals surface area (Å²) in [6.07, 6.45) is 1.25. The fraction of sp³-hybridized carbons (Fsp3) is 0.545. The minimum Gasteiger partial charge on any atom is -0.361 e. The maximum atomic E-state index is 12.8. The summed E-state index contributed by atoms with van der Waals surface area (Å²) in [5.74, 6) is 2.19. The molecule has 3 heterocycles. The highest BCUT2D eigenvalue weighted by molar-refractivity contribution is 5.77. The molecule has 2 saturated heterocycles. The van der Waals surface area contributed by atoms with Crippen LogP contribution in [0.1, 0.15) is 40.6 Å². The monoisotopic (exact) mass is 367 g/mol. The summed E-state index contributed by atoms with van der Waals surface area (Å²) in [4.78, 5) is 17.4. The smallest absolute Gasteiger partial charge is 0.222 e. The van der Waals surface area contributed by atoms with E-state index in [-0.39, 0.29) is 5.91 Å². The second-order valence-corrected chi connectivity index (χ2v) is 8.27. The van der Waals surface area contributed by atoms with Crippen LogP contribution in [0.3, 0.4) is 0 Å². The van der Waals surface area contributed by atoms with Gasteiger partial charge in [0.25, 0.3) is 0 Å². The highest BCUT2D eigenvalue weighted by Crippen LogP contribution is 2.44. The lowest BCUT2D eigenvalue weighted by Gasteiger charge is -2.28. The number of likely N-dealkylation sites (tertiary alicyclic amines) is 2. The molecule has 2 aromatic rings. The Kier molecular flexibility index (Phi) is 4.81. The highest BCUT2D eigenvalue weighted by atomic mass is 16.5. The fourth-order valence-corrected chi connectivity index (χ4v) is 5.10. The average molecular weight is 367 g/mol. The van der Waals surface area contributed by atoms with Gasteiger partial charge < -0.3 is 9.42 Å². The Morgan fingerprint density at radius 3 is 2.67 bits per heavy atom. The Labute approximate surface area is 161 Å². The van der Waals surface area contributed by atoms with E-state index in [0.717, 1.165) is 36.7 Å². The summed E-state index contributed by atoms with van der Waals surface area (Å²) in [5.41, 5.74) is 4.75. The van der Waals surface area contributed by atoms with Crippen LogP contribution in [0.4, 0.5) is 0 Å². The quantitative estimate of drug-likeness (QED) is 0.832. The van der Waals surface area contributed by atoms with Crippen LogP contribution < -0.4 is 0 Å². The van der Waals surface area contributed by atoms with Gasteiger partial charge in [-0.2, -0.15) is 0 Å². The zero-order valence-electron chi connectivity index (χ0n) is 16.7. The maximum Gasteiger partial charge on any atom is 0.222 e. The molecule has 0 saturated carbocycles. The first-order valence-corrected chi connectivity index (χ1v) is 9.91. The normalized spacial score (nSPS) is 25.2. The molecule has 27 heavy (non-hydrogen) atoms. The summed E-state index contributed by atoms with van der Waals surface area (Å²) < 4.78 is 5.22. The van der Waals surface area contributed by atoms with Gasteiger partial charge in [0.05, 0.1) is 5.69 Å². The molecule has 5 nitrogen and oxygen atoms in total. The third-order valence-corrected chi connectivity index (χ3v) is 6.52. The van der Waals surface area contributed by atoms with Gasteiger partial charge in [0.1, 0.15) is 5.76 Å². The number of benzene rings is 1. The summed E-state index contributed by atoms with van der Waals surface area (Å²) >= 11 is 0. The molecule has 1 aromatic heterocycles. The van der Waals surface area contributed by atoms with Crippen LogP contribution in [-0.2, 0) is 11.2 Å². The van der Waals surface area contributed by atoms with Gasteiger partial charge in [0.15, 0.2) is 0 Å². The maximum absolute atomic E-state index is 12.8. The van der Waals surface area contributed by atoms with Crippen LogP contribution in [0.2, 0.25) is 0 Å². The number of nitrogens with zero attached hydrogens (tertiary/aromatic N) is 3. The van der Waals surface area contributed by atoms with Gasteiger partial charge in [-0.3, -0.25) is 9.69 Å². The van der Waals surface area contributed by atoms with E-state index in [9.17, 15) is 4.79 Å². The van der Waals surface area contributed by atoms with Gasteiger partial charge in [-0.15, -0.1) is 0 Å². The molecule has 2 fully saturated rings. The molecule has 2 aliphatic rings. The lowest BCUT2D eigenvalue weighted by atomic mass is 9.88. The van der Waals surface area contributed by atoms with Crippen molar-refractivity contribution < 1.29 is 9.32 Å². The van der Waals surface area contributed by atoms with Crippen molar-refractivity contribution in [3.05, 3.63) is 52.4 Å². The summed E-state index contributed by atoms with van der Waals surface area (Å²) in [6.45, 7) is 8.88. The van der Waals surface area contributed by atoms with Crippen molar-refractivity contribution in [2.24, 2.45) is 11.8 Å². The lowest BCUT2D eigenvalue weighted by Crippen LogP contribution is -2.33. The van der Waals surface area contributed by atoms with Crippen molar-refractivity contribution in [3.8, 4) is 0 Å². The van der Waals surface area contributed by atoms with Gasteiger partial charge in [0, 0.05) is 43.6 Å². The molecule has 1 amide bonds. The zero-order chi connectivity index (χ0) is 19.1. The molecule has 4 rings (SSSR count). The number of carbonyl (C=O) groups is 1. The number of hydrogen-bond acceptors (Lipinski definition) is 4. The van der Waals surface area contributed by atoms with Crippen molar-refractivity contribution >= 4 is 5.91 Å². The number of carbonyl (C=O) groups excluding carboxylic acids is 1. The molecule has 0 aliphatic carbocycles. The lowest BCUT2D eigenvalue weighted by molar-refractivity contribution is -0.130. The van der Waals surface area contributed by atoms with Crippen molar-refractivity contribution in [3.63, 3.8) is 0 Å². The van der Waals surface area contributed by atoms with Crippen molar-refractivity contribution in [2.75, 3.05) is 26.7 Å². The predicted octanol–water partition coefficient (Wildman–Crippen LogP) is 3.29. The molecule has 3 atom stereocenters. The van der Waals surface area contributed by atoms with E-state index in [1.54, 1.807) is 0 Å². The molecule has 2 aliphatic heterocycles. The van der Waals surface area contributed by atoms with E-state index in [1.807, 2.05) is 13.8 Å². The number of aromatic nitrogens is 1. The molecule has 1 aromatic carbocycles. The Hall–Kier alpha value is -2.14. The first-order valence-electron chi connectivity index (χ1n) is 9.91. The SMILES string of the molecule is Cc1ccccc1[C@@H]1[C@@H]2CN(C(=O)CCc3c(C)noc3C)C[C@@H]2CN1C. The Bertz CT molecular complexity index is 824. The van der Waals surface area contributed by atoms with Crippen LogP contribution >= 0.6 is 0 Å². The minimum atomic E-state index is 0.260. The third kappa shape index (κ3) is 3.29. The number of hydrogen-bond donors (Lipinski definition) is 0. The van der Waals surface area contributed by atoms with Gasteiger partial charge >= 0.3 is 0 Å². The highest BCUT2D eigenvalue weighted by Gasteiger charge is 2.47. The van der Waals surface area contributed by atoms with Gasteiger partial charge in [-0.1, -0.05) is 29.4 Å². The second kappa shape index (κ2) is 7.12. The van der Waals surface area contributed by atoms with E-state index in [0.29, 0.717) is 30.7 Å². The summed E-state index contributed by atoms with van der Waals surface area (Å²) in [6, 6.07) is 9.09. The molecule has 0 radical (unpaired) electrons. The Morgan fingerprint density at radius 1 is 1.19 bits per heavy atom. The van der Waals surface area contributed by atoms with E-state index < -0.39 is 0 Å². The first kappa shape index (κ1) is 18.2. The number of amides is 1. The van der Waals surface area contributed by atoms with Crippen LogP contribution in [0.25, 0.3) is 0 Å². The zero-order valence-corrected chi connectivity index (χ0v) is 16.7. The van der Waals surface area contributed by atoms with Crippen LogP contribution in [-0.4, -0.2) is 47.5 Å². The van der Waals surface area contributed by atoms with Crippen LogP contribution in [0, 0.1) is 32.6 Å². The topological polar surface area (TPSA) is 49.6 Å². The van der Waals surface area contributed by atoms with E-state index >= 15 is 0 Å². The third-order valence-electron chi connectivity index (χ3n) is 6.52. The summed E-state index contributed by atoms with van der Waals surface area (Å²) in [7, 11) is 2.22. The molecule has 0 bridgehead atoms. The molecular weight excluding hydrogens is 338 g/mol. The number of fused-ring (bicyclic) bond motifs is 1. The summed E-state index contributed by atoms with van der Waals surface area (Å²) in [5, 5.41) is 3.99. The van der Waals surface area contributed by atoms with Crippen molar-refractivity contribution in [1.82, 2.24) is 15.0 Å². The molecule has 0 unspecified atom stereocenters. The number of rotatable bonds is 4. The molecular formula is C22H29N3O2. The van der Waals surface area contributed by atoms with E-state index in [2.05, 4.69) is 53.2 Å². The average Bonchev–Trinajstić information content (AvgIpc) is 3.27. The largest absolute Gasteiger partial charge is 0.361 e. The predicted molar refractivity (Wildman–Crippen MR) is 104 cm³/mol. The van der Waals surface area contributed by atoms with Crippen molar-refractivity contribution in [2.45, 2.75) is 39.7 Å². The Morgan fingerprint density at radius 2 is 1.96 bits per heavy atom. The number of aryl methyl sites for hydroxylation is 3. The minimum absolute atomic E-state index is 0.260. The Balaban J connectivity index is 1.43. The first-order chi connectivity index (χ1) is 13.0. The molecule has 5 heteroatoms. The molecule has 0 N–H and O–H groups in total. The van der Waals surface area contributed by atoms with E-state index in [4.69, 9.17) is 4.52 Å². The van der Waals surface area contributed by atoms with Crippen molar-refractivity contribution in [1.29, 1.82) is 0 Å². The van der Waals surface area contributed by atoms with Crippen LogP contribution in [0.15, 0.2) is 28.8 Å². The van der Waals surface area contributed by atoms with Gasteiger partial charge in [0.2, 0.25) is 5.91 Å². The van der Waals surface area contributed by atoms with Gasteiger partial charge in [-0.05, 0) is 51.3 Å². The fourth-order valence-electron chi connectivity index (χ4n) is 5.10.